The van der Waals surface area contributed by atoms with Crippen molar-refractivity contribution in [2.24, 2.45) is 0 Å². The predicted octanol–water partition coefficient (Wildman–Crippen LogP) is 2.68. The Morgan fingerprint density at radius 3 is 2.46 bits per heavy atom. The normalized spacial score (nSPS) is 21.4. The number of carbonyl (C=O) groups excluding carboxylic acids is 2. The van der Waals surface area contributed by atoms with Crippen LogP contribution in [0.15, 0.2) is 30.3 Å². The molecule has 0 saturated carbocycles. The predicted molar refractivity (Wildman–Crippen MR) is 83.2 cm³/mol. The SMILES string of the molecule is CC(=O)NC1CCC(C(F)(F)F)N(C(=O)CCc2ccccc2)C1. The van der Waals surface area contributed by atoms with Crippen LogP contribution >= 0.6 is 0 Å². The Bertz CT molecular complexity index is 575. The molecular weight excluding hydrogens is 321 g/mol. The molecule has 1 saturated heterocycles. The second-order valence-electron chi connectivity index (χ2n) is 6.06. The average molecular weight is 342 g/mol. The fourth-order valence-electron chi connectivity index (χ4n) is 3.03. The summed E-state index contributed by atoms with van der Waals surface area (Å²) in [5.41, 5.74) is 0.907. The monoisotopic (exact) mass is 342 g/mol. The van der Waals surface area contributed by atoms with Gasteiger partial charge in [-0.3, -0.25) is 9.59 Å². The molecule has 2 unspecified atom stereocenters. The number of nitrogens with zero attached hydrogens (tertiary/aromatic N) is 1. The van der Waals surface area contributed by atoms with Crippen LogP contribution in [0, 0.1) is 0 Å². The highest BCUT2D eigenvalue weighted by Gasteiger charge is 2.47. The molecule has 1 aliphatic heterocycles. The number of rotatable bonds is 4. The number of hydrogen-bond acceptors (Lipinski definition) is 2. The lowest BCUT2D eigenvalue weighted by atomic mass is 9.96. The third kappa shape index (κ3) is 4.97. The number of carbonyl (C=O) groups is 2. The van der Waals surface area contributed by atoms with Crippen molar-refractivity contribution >= 4 is 11.8 Å². The summed E-state index contributed by atoms with van der Waals surface area (Å²) in [5, 5.41) is 2.61. The number of alkyl halides is 3. The molecule has 1 N–H and O–H groups in total. The van der Waals surface area contributed by atoms with Crippen molar-refractivity contribution in [1.82, 2.24) is 10.2 Å². The van der Waals surface area contributed by atoms with E-state index >= 15 is 0 Å². The highest BCUT2D eigenvalue weighted by molar-refractivity contribution is 5.77. The Morgan fingerprint density at radius 1 is 1.21 bits per heavy atom. The first-order valence-electron chi connectivity index (χ1n) is 7.94. The van der Waals surface area contributed by atoms with Crippen molar-refractivity contribution in [1.29, 1.82) is 0 Å². The zero-order chi connectivity index (χ0) is 17.7. The summed E-state index contributed by atoms with van der Waals surface area (Å²) in [4.78, 5) is 24.4. The van der Waals surface area contributed by atoms with E-state index in [0.717, 1.165) is 10.5 Å². The number of amides is 2. The molecule has 4 nitrogen and oxygen atoms in total. The van der Waals surface area contributed by atoms with Gasteiger partial charge in [-0.05, 0) is 24.8 Å². The van der Waals surface area contributed by atoms with Gasteiger partial charge < -0.3 is 10.2 Å². The molecule has 1 aliphatic rings. The first kappa shape index (κ1) is 18.3. The molecule has 1 aromatic rings. The van der Waals surface area contributed by atoms with Crippen molar-refractivity contribution in [3.05, 3.63) is 35.9 Å². The van der Waals surface area contributed by atoms with E-state index in [-0.39, 0.29) is 31.7 Å². The van der Waals surface area contributed by atoms with E-state index in [0.29, 0.717) is 6.42 Å². The molecule has 2 atom stereocenters. The van der Waals surface area contributed by atoms with E-state index in [9.17, 15) is 22.8 Å². The number of piperidine rings is 1. The quantitative estimate of drug-likeness (QED) is 0.915. The highest BCUT2D eigenvalue weighted by atomic mass is 19.4. The van der Waals surface area contributed by atoms with Gasteiger partial charge in [0.15, 0.2) is 0 Å². The molecule has 7 heteroatoms. The smallest absolute Gasteiger partial charge is 0.352 e. The lowest BCUT2D eigenvalue weighted by molar-refractivity contribution is -0.197. The molecule has 132 valence electrons. The summed E-state index contributed by atoms with van der Waals surface area (Å²) in [5.74, 6) is -0.835. The molecule has 0 bridgehead atoms. The van der Waals surface area contributed by atoms with Gasteiger partial charge in [-0.2, -0.15) is 13.2 Å². The van der Waals surface area contributed by atoms with Gasteiger partial charge in [-0.1, -0.05) is 30.3 Å². The minimum absolute atomic E-state index is 0.0172. The Hall–Kier alpha value is -2.05. The summed E-state index contributed by atoms with van der Waals surface area (Å²) in [6.07, 6.45) is -4.02. The molecule has 0 aliphatic carbocycles. The minimum Gasteiger partial charge on any atom is -0.352 e. The van der Waals surface area contributed by atoms with Crippen LogP contribution < -0.4 is 5.32 Å². The van der Waals surface area contributed by atoms with Gasteiger partial charge in [0.25, 0.3) is 0 Å². The molecule has 2 rings (SSSR count). The van der Waals surface area contributed by atoms with E-state index in [1.54, 1.807) is 0 Å². The Labute approximate surface area is 139 Å². The van der Waals surface area contributed by atoms with Gasteiger partial charge in [0.2, 0.25) is 11.8 Å². The van der Waals surface area contributed by atoms with Crippen molar-refractivity contribution in [3.63, 3.8) is 0 Å². The summed E-state index contributed by atoms with van der Waals surface area (Å²) < 4.78 is 39.7. The zero-order valence-corrected chi connectivity index (χ0v) is 13.5. The van der Waals surface area contributed by atoms with Crippen LogP contribution in [0.5, 0.6) is 0 Å². The number of halogens is 3. The first-order chi connectivity index (χ1) is 11.3. The molecule has 2 amide bonds. The maximum Gasteiger partial charge on any atom is 0.408 e. The number of nitrogens with one attached hydrogen (secondary N) is 1. The molecule has 1 fully saturated rings. The van der Waals surface area contributed by atoms with Gasteiger partial charge in [0.1, 0.15) is 6.04 Å². The third-order valence-corrected chi connectivity index (χ3v) is 4.16. The number of aryl methyl sites for hydroxylation is 1. The van der Waals surface area contributed by atoms with Crippen molar-refractivity contribution in [2.75, 3.05) is 6.54 Å². The van der Waals surface area contributed by atoms with Gasteiger partial charge >= 0.3 is 6.18 Å². The van der Waals surface area contributed by atoms with Crippen molar-refractivity contribution in [2.45, 2.75) is 50.9 Å². The fraction of sp³-hybridized carbons (Fsp3) is 0.529. The lowest BCUT2D eigenvalue weighted by Crippen LogP contribution is -2.58. The molecular formula is C17H21F3N2O2. The third-order valence-electron chi connectivity index (χ3n) is 4.16. The van der Waals surface area contributed by atoms with Gasteiger partial charge in [-0.15, -0.1) is 0 Å². The van der Waals surface area contributed by atoms with Gasteiger partial charge in [-0.25, -0.2) is 0 Å². The maximum atomic E-state index is 13.2. The molecule has 1 aromatic carbocycles. The van der Waals surface area contributed by atoms with Crippen LogP contribution in [0.3, 0.4) is 0 Å². The van der Waals surface area contributed by atoms with E-state index in [1.165, 1.54) is 6.92 Å². The van der Waals surface area contributed by atoms with Crippen LogP contribution in [0.25, 0.3) is 0 Å². The first-order valence-corrected chi connectivity index (χ1v) is 7.94. The average Bonchev–Trinajstić information content (AvgIpc) is 2.52. The molecule has 0 spiro atoms. The molecule has 0 radical (unpaired) electrons. The van der Waals surface area contributed by atoms with Gasteiger partial charge in [0, 0.05) is 25.9 Å². The maximum absolute atomic E-state index is 13.2. The Kier molecular flexibility index (Phi) is 5.85. The van der Waals surface area contributed by atoms with E-state index in [1.807, 2.05) is 30.3 Å². The Morgan fingerprint density at radius 2 is 1.88 bits per heavy atom. The van der Waals surface area contributed by atoms with Crippen LogP contribution in [0.1, 0.15) is 31.7 Å². The lowest BCUT2D eigenvalue weighted by Gasteiger charge is -2.40. The van der Waals surface area contributed by atoms with Crippen LogP contribution in [0.2, 0.25) is 0 Å². The second kappa shape index (κ2) is 7.68. The summed E-state index contributed by atoms with van der Waals surface area (Å²) >= 11 is 0. The fourth-order valence-corrected chi connectivity index (χ4v) is 3.03. The minimum atomic E-state index is -4.45. The van der Waals surface area contributed by atoms with E-state index in [4.69, 9.17) is 0 Å². The second-order valence-corrected chi connectivity index (χ2v) is 6.06. The van der Waals surface area contributed by atoms with E-state index < -0.39 is 24.2 Å². The standard InChI is InChI=1S/C17H21F3N2O2/c1-12(23)21-14-8-9-15(17(18,19)20)22(11-14)16(24)10-7-13-5-3-2-4-6-13/h2-6,14-15H,7-11H2,1H3,(H,21,23). The Balaban J connectivity index is 2.04. The molecule has 0 aromatic heterocycles. The molecule has 1 heterocycles. The van der Waals surface area contributed by atoms with Crippen LogP contribution in [-0.4, -0.2) is 41.5 Å². The number of benzene rings is 1. The summed E-state index contributed by atoms with van der Waals surface area (Å²) in [6.45, 7) is 1.22. The van der Waals surface area contributed by atoms with Crippen LogP contribution in [-0.2, 0) is 16.0 Å². The molecule has 24 heavy (non-hydrogen) atoms. The van der Waals surface area contributed by atoms with Crippen LogP contribution in [0.4, 0.5) is 13.2 Å². The zero-order valence-electron chi connectivity index (χ0n) is 13.5. The van der Waals surface area contributed by atoms with Crippen molar-refractivity contribution < 1.29 is 22.8 Å². The highest BCUT2D eigenvalue weighted by Crippen LogP contribution is 2.32. The van der Waals surface area contributed by atoms with Crippen molar-refractivity contribution in [3.8, 4) is 0 Å². The topological polar surface area (TPSA) is 49.4 Å². The largest absolute Gasteiger partial charge is 0.408 e. The number of hydrogen-bond donors (Lipinski definition) is 1. The summed E-state index contributed by atoms with van der Waals surface area (Å²) in [6, 6.07) is 6.97. The van der Waals surface area contributed by atoms with Gasteiger partial charge in [0.05, 0.1) is 0 Å². The summed E-state index contributed by atoms with van der Waals surface area (Å²) in [7, 11) is 0. The number of likely N-dealkylation sites (tertiary alicyclic amines) is 1. The van der Waals surface area contributed by atoms with E-state index in [2.05, 4.69) is 5.32 Å².